The van der Waals surface area contributed by atoms with Crippen LogP contribution >= 0.6 is 0 Å². The molecule has 17 heavy (non-hydrogen) atoms. The number of carbonyl (C=O) groups excluding carboxylic acids is 1. The van der Waals surface area contributed by atoms with E-state index in [-0.39, 0.29) is 24.1 Å². The summed E-state index contributed by atoms with van der Waals surface area (Å²) in [6.45, 7) is 5.65. The first-order chi connectivity index (χ1) is 7.90. The van der Waals surface area contributed by atoms with Crippen molar-refractivity contribution in [3.63, 3.8) is 0 Å². The monoisotopic (exact) mass is 236 g/mol. The van der Waals surface area contributed by atoms with E-state index in [4.69, 9.17) is 10.00 Å². The Bertz CT molecular complexity index is 339. The number of fused-ring (bicyclic) bond motifs is 2. The third-order valence-electron chi connectivity index (χ3n) is 3.52. The Kier molecular flexibility index (Phi) is 3.03. The molecule has 0 aromatic rings. The van der Waals surface area contributed by atoms with Gasteiger partial charge in [-0.05, 0) is 46.5 Å². The van der Waals surface area contributed by atoms with Crippen LogP contribution < -0.4 is 0 Å². The Morgan fingerprint density at radius 1 is 1.29 bits per heavy atom. The molecule has 1 amide bonds. The van der Waals surface area contributed by atoms with Crippen LogP contribution in [-0.2, 0) is 4.74 Å². The second kappa shape index (κ2) is 4.21. The van der Waals surface area contributed by atoms with Gasteiger partial charge in [-0.15, -0.1) is 0 Å². The molecule has 4 nitrogen and oxygen atoms in total. The molecule has 0 aromatic heterocycles. The maximum absolute atomic E-state index is 12.1. The molecule has 2 saturated heterocycles. The minimum absolute atomic E-state index is 0.117. The molecule has 0 radical (unpaired) electrons. The Morgan fingerprint density at radius 2 is 1.82 bits per heavy atom. The van der Waals surface area contributed by atoms with Gasteiger partial charge in [0, 0.05) is 12.1 Å². The highest BCUT2D eigenvalue weighted by Gasteiger charge is 2.44. The maximum atomic E-state index is 12.1. The first kappa shape index (κ1) is 12.2. The zero-order valence-electron chi connectivity index (χ0n) is 10.8. The van der Waals surface area contributed by atoms with Crippen molar-refractivity contribution in [1.82, 2.24) is 4.90 Å². The van der Waals surface area contributed by atoms with Gasteiger partial charge in [-0.1, -0.05) is 0 Å². The predicted octanol–water partition coefficient (Wildman–Crippen LogP) is 2.69. The molecule has 94 valence electrons. The zero-order chi connectivity index (χ0) is 12.6. The first-order valence-electron chi connectivity index (χ1n) is 6.31. The van der Waals surface area contributed by atoms with Gasteiger partial charge in [0.2, 0.25) is 0 Å². The summed E-state index contributed by atoms with van der Waals surface area (Å²) in [4.78, 5) is 14.0. The zero-order valence-corrected chi connectivity index (χ0v) is 10.8. The molecule has 0 spiro atoms. The van der Waals surface area contributed by atoms with Gasteiger partial charge in [0.15, 0.2) is 0 Å². The summed E-state index contributed by atoms with van der Waals surface area (Å²) in [5, 5.41) is 8.98. The van der Waals surface area contributed by atoms with Gasteiger partial charge in [-0.25, -0.2) is 4.79 Å². The normalized spacial score (nSPS) is 32.1. The van der Waals surface area contributed by atoms with E-state index in [9.17, 15) is 4.79 Å². The predicted molar refractivity (Wildman–Crippen MR) is 63.2 cm³/mol. The number of hydrogen-bond donors (Lipinski definition) is 0. The van der Waals surface area contributed by atoms with E-state index in [1.165, 1.54) is 0 Å². The number of rotatable bonds is 0. The van der Waals surface area contributed by atoms with Crippen molar-refractivity contribution in [3.05, 3.63) is 0 Å². The van der Waals surface area contributed by atoms with E-state index < -0.39 is 5.60 Å². The number of amides is 1. The number of nitrogens with zero attached hydrogens (tertiary/aromatic N) is 2. The lowest BCUT2D eigenvalue weighted by Gasteiger charge is -2.37. The van der Waals surface area contributed by atoms with Crippen LogP contribution in [0.15, 0.2) is 0 Å². The smallest absolute Gasteiger partial charge is 0.410 e. The van der Waals surface area contributed by atoms with Gasteiger partial charge in [-0.3, -0.25) is 0 Å². The fourth-order valence-corrected chi connectivity index (χ4v) is 2.90. The van der Waals surface area contributed by atoms with Gasteiger partial charge in [0.1, 0.15) is 5.60 Å². The van der Waals surface area contributed by atoms with Crippen LogP contribution in [0.25, 0.3) is 0 Å². The molecule has 2 aliphatic rings. The summed E-state index contributed by atoms with van der Waals surface area (Å²) in [5.41, 5.74) is -0.442. The molecule has 2 fully saturated rings. The van der Waals surface area contributed by atoms with Crippen LogP contribution in [-0.4, -0.2) is 28.7 Å². The SMILES string of the molecule is CC(C)(C)OC(=O)N1[C@@H]2CC[C@H]1CC(C#N)C2. The van der Waals surface area contributed by atoms with Crippen molar-refractivity contribution >= 4 is 6.09 Å². The Hall–Kier alpha value is -1.24. The number of hydrogen-bond acceptors (Lipinski definition) is 3. The largest absolute Gasteiger partial charge is 0.444 e. The number of piperidine rings is 1. The molecule has 2 heterocycles. The minimum Gasteiger partial charge on any atom is -0.444 e. The summed E-state index contributed by atoms with van der Waals surface area (Å²) in [5.74, 6) is 0.117. The van der Waals surface area contributed by atoms with Crippen molar-refractivity contribution in [3.8, 4) is 6.07 Å². The quantitative estimate of drug-likeness (QED) is 0.649. The number of nitriles is 1. The van der Waals surface area contributed by atoms with E-state index >= 15 is 0 Å². The second-order valence-electron chi connectivity index (χ2n) is 6.07. The average molecular weight is 236 g/mol. The van der Waals surface area contributed by atoms with Gasteiger partial charge in [-0.2, -0.15) is 5.26 Å². The van der Waals surface area contributed by atoms with E-state index in [1.807, 2.05) is 25.7 Å². The fourth-order valence-electron chi connectivity index (χ4n) is 2.90. The molecule has 0 saturated carbocycles. The molecule has 2 aliphatic heterocycles. The van der Waals surface area contributed by atoms with Crippen molar-refractivity contribution in [2.45, 2.75) is 64.1 Å². The summed E-state index contributed by atoms with van der Waals surface area (Å²) in [6, 6.07) is 2.77. The lowest BCUT2D eigenvalue weighted by molar-refractivity contribution is 0.00482. The minimum atomic E-state index is -0.442. The Balaban J connectivity index is 2.04. The summed E-state index contributed by atoms with van der Waals surface area (Å²) >= 11 is 0. The van der Waals surface area contributed by atoms with E-state index in [1.54, 1.807) is 0 Å². The highest BCUT2D eigenvalue weighted by molar-refractivity contribution is 5.69. The topological polar surface area (TPSA) is 53.3 Å². The molecule has 3 atom stereocenters. The van der Waals surface area contributed by atoms with Crippen LogP contribution in [0.1, 0.15) is 46.5 Å². The van der Waals surface area contributed by atoms with Gasteiger partial charge in [0.05, 0.1) is 12.0 Å². The Morgan fingerprint density at radius 3 is 2.24 bits per heavy atom. The number of ether oxygens (including phenoxy) is 1. The molecular weight excluding hydrogens is 216 g/mol. The molecule has 1 unspecified atom stereocenters. The van der Waals surface area contributed by atoms with Crippen LogP contribution in [0, 0.1) is 17.2 Å². The summed E-state index contributed by atoms with van der Waals surface area (Å²) in [7, 11) is 0. The first-order valence-corrected chi connectivity index (χ1v) is 6.31. The van der Waals surface area contributed by atoms with Crippen molar-refractivity contribution in [1.29, 1.82) is 5.26 Å². The van der Waals surface area contributed by atoms with Crippen LogP contribution in [0.2, 0.25) is 0 Å². The van der Waals surface area contributed by atoms with Crippen molar-refractivity contribution in [2.24, 2.45) is 5.92 Å². The van der Waals surface area contributed by atoms with Gasteiger partial charge >= 0.3 is 6.09 Å². The van der Waals surface area contributed by atoms with Gasteiger partial charge < -0.3 is 9.64 Å². The van der Waals surface area contributed by atoms with E-state index in [0.717, 1.165) is 25.7 Å². The van der Waals surface area contributed by atoms with Crippen LogP contribution in [0.3, 0.4) is 0 Å². The molecule has 0 aromatic carbocycles. The van der Waals surface area contributed by atoms with Gasteiger partial charge in [0.25, 0.3) is 0 Å². The molecule has 0 aliphatic carbocycles. The fraction of sp³-hybridized carbons (Fsp3) is 0.846. The molecular formula is C13H20N2O2. The standard InChI is InChI=1S/C13H20N2O2/c1-13(2,3)17-12(16)15-10-4-5-11(15)7-9(6-10)8-14/h9-11H,4-7H2,1-3H3/t9?,10-,11+. The number of carbonyl (C=O) groups is 1. The molecule has 4 heteroatoms. The van der Waals surface area contributed by atoms with Crippen molar-refractivity contribution in [2.75, 3.05) is 0 Å². The second-order valence-corrected chi connectivity index (χ2v) is 6.07. The molecule has 2 rings (SSSR count). The van der Waals surface area contributed by atoms with Crippen LogP contribution in [0.4, 0.5) is 4.79 Å². The maximum Gasteiger partial charge on any atom is 0.410 e. The molecule has 0 N–H and O–H groups in total. The van der Waals surface area contributed by atoms with E-state index in [2.05, 4.69) is 6.07 Å². The third kappa shape index (κ3) is 2.54. The molecule has 2 bridgehead atoms. The lowest BCUT2D eigenvalue weighted by Crippen LogP contribution is -2.48. The summed E-state index contributed by atoms with van der Waals surface area (Å²) < 4.78 is 5.43. The highest BCUT2D eigenvalue weighted by atomic mass is 16.6. The van der Waals surface area contributed by atoms with E-state index in [0.29, 0.717) is 0 Å². The average Bonchev–Trinajstić information content (AvgIpc) is 2.47. The van der Waals surface area contributed by atoms with Crippen molar-refractivity contribution < 1.29 is 9.53 Å². The Labute approximate surface area is 103 Å². The van der Waals surface area contributed by atoms with Crippen LogP contribution in [0.5, 0.6) is 0 Å². The lowest BCUT2D eigenvalue weighted by atomic mass is 9.92. The highest BCUT2D eigenvalue weighted by Crippen LogP contribution is 2.39. The summed E-state index contributed by atoms with van der Waals surface area (Å²) in [6.07, 6.45) is 3.45. The third-order valence-corrected chi connectivity index (χ3v) is 3.52.